The fourth-order valence-corrected chi connectivity index (χ4v) is 2.27. The predicted molar refractivity (Wildman–Crippen MR) is 73.9 cm³/mol. The lowest BCUT2D eigenvalue weighted by Crippen LogP contribution is -2.39. The van der Waals surface area contributed by atoms with Crippen LogP contribution in [0.3, 0.4) is 0 Å². The van der Waals surface area contributed by atoms with Gasteiger partial charge in [-0.2, -0.15) is 0 Å². The minimum Gasteiger partial charge on any atom is -0.478 e. The van der Waals surface area contributed by atoms with Gasteiger partial charge in [0.2, 0.25) is 5.91 Å². The first kappa shape index (κ1) is 14.5. The Morgan fingerprint density at radius 2 is 2.10 bits per heavy atom. The van der Waals surface area contributed by atoms with Gasteiger partial charge in [0, 0.05) is 6.04 Å². The van der Waals surface area contributed by atoms with Crippen molar-refractivity contribution in [1.29, 1.82) is 0 Å². The second-order valence-electron chi connectivity index (χ2n) is 4.88. The van der Waals surface area contributed by atoms with Crippen molar-refractivity contribution >= 4 is 17.6 Å². The minimum absolute atomic E-state index is 0.0475. The zero-order valence-corrected chi connectivity index (χ0v) is 11.5. The molecular weight excluding hydrogens is 260 g/mol. The summed E-state index contributed by atoms with van der Waals surface area (Å²) < 4.78 is 5.28. The maximum atomic E-state index is 12.2. The summed E-state index contributed by atoms with van der Waals surface area (Å²) in [5.41, 5.74) is 1.24. The van der Waals surface area contributed by atoms with Crippen LogP contribution in [-0.4, -0.2) is 43.3 Å². The third kappa shape index (κ3) is 2.97. The fraction of sp³-hybridized carbons (Fsp3) is 0.429. The van der Waals surface area contributed by atoms with Crippen molar-refractivity contribution in [2.45, 2.75) is 13.0 Å². The molecule has 0 radical (unpaired) electrons. The van der Waals surface area contributed by atoms with Crippen molar-refractivity contribution in [2.24, 2.45) is 5.92 Å². The van der Waals surface area contributed by atoms with E-state index in [0.717, 1.165) is 5.56 Å². The molecule has 1 aromatic carbocycles. The van der Waals surface area contributed by atoms with Crippen molar-refractivity contribution < 1.29 is 19.4 Å². The number of carboxylic acids is 1. The number of aromatic carboxylic acids is 1. The van der Waals surface area contributed by atoms with Crippen LogP contribution in [0.5, 0.6) is 0 Å². The lowest BCUT2D eigenvalue weighted by Gasteiger charge is -2.17. The van der Waals surface area contributed by atoms with Crippen LogP contribution in [0, 0.1) is 12.8 Å². The number of ether oxygens (including phenoxy) is 1. The molecule has 1 aliphatic rings. The second-order valence-corrected chi connectivity index (χ2v) is 4.88. The van der Waals surface area contributed by atoms with Crippen molar-refractivity contribution in [3.63, 3.8) is 0 Å². The maximum absolute atomic E-state index is 12.2. The van der Waals surface area contributed by atoms with Crippen molar-refractivity contribution in [3.8, 4) is 0 Å². The number of hydrogen-bond donors (Lipinski definition) is 3. The van der Waals surface area contributed by atoms with Crippen molar-refractivity contribution in [2.75, 3.05) is 25.6 Å². The normalized spacial score (nSPS) is 21.7. The van der Waals surface area contributed by atoms with E-state index in [1.807, 2.05) is 0 Å². The molecule has 1 aromatic rings. The Labute approximate surface area is 117 Å². The van der Waals surface area contributed by atoms with Gasteiger partial charge >= 0.3 is 5.97 Å². The molecule has 20 heavy (non-hydrogen) atoms. The van der Waals surface area contributed by atoms with Gasteiger partial charge in [0.05, 0.1) is 30.4 Å². The quantitative estimate of drug-likeness (QED) is 0.760. The SMILES string of the molecule is CNC1COCC1C(=O)Nc1ccc(C)cc1C(=O)O. The number of carboxylic acid groups (broad SMARTS) is 1. The zero-order valence-electron chi connectivity index (χ0n) is 11.5. The summed E-state index contributed by atoms with van der Waals surface area (Å²) in [4.78, 5) is 23.4. The van der Waals surface area contributed by atoms with Crippen LogP contribution in [0.15, 0.2) is 18.2 Å². The average molecular weight is 278 g/mol. The smallest absolute Gasteiger partial charge is 0.337 e. The van der Waals surface area contributed by atoms with Crippen molar-refractivity contribution in [3.05, 3.63) is 29.3 Å². The average Bonchev–Trinajstić information content (AvgIpc) is 2.89. The van der Waals surface area contributed by atoms with Gasteiger partial charge in [-0.3, -0.25) is 4.79 Å². The molecule has 0 bridgehead atoms. The summed E-state index contributed by atoms with van der Waals surface area (Å²) in [6, 6.07) is 4.87. The molecule has 0 aliphatic carbocycles. The Hall–Kier alpha value is -1.92. The van der Waals surface area contributed by atoms with Gasteiger partial charge < -0.3 is 20.5 Å². The molecule has 0 aromatic heterocycles. The Morgan fingerprint density at radius 1 is 1.35 bits per heavy atom. The van der Waals surface area contributed by atoms with Crippen LogP contribution >= 0.6 is 0 Å². The Morgan fingerprint density at radius 3 is 2.75 bits per heavy atom. The Bertz CT molecular complexity index is 530. The summed E-state index contributed by atoms with van der Waals surface area (Å²) in [5, 5.41) is 14.9. The Kier molecular flexibility index (Phi) is 4.36. The molecule has 0 spiro atoms. The predicted octanol–water partition coefficient (Wildman–Crippen LogP) is 0.866. The molecule has 1 fully saturated rings. The second kappa shape index (κ2) is 6.02. The van der Waals surface area contributed by atoms with Gasteiger partial charge in [0.15, 0.2) is 0 Å². The highest BCUT2D eigenvalue weighted by Gasteiger charge is 2.33. The van der Waals surface area contributed by atoms with E-state index in [1.54, 1.807) is 32.2 Å². The summed E-state index contributed by atoms with van der Waals surface area (Å²) in [6.07, 6.45) is 0. The van der Waals surface area contributed by atoms with Gasteiger partial charge in [-0.05, 0) is 26.1 Å². The first-order valence-electron chi connectivity index (χ1n) is 6.42. The largest absolute Gasteiger partial charge is 0.478 e. The van der Waals surface area contributed by atoms with Gasteiger partial charge in [0.1, 0.15) is 0 Å². The summed E-state index contributed by atoms with van der Waals surface area (Å²) in [7, 11) is 1.77. The number of carbonyl (C=O) groups is 2. The zero-order chi connectivity index (χ0) is 14.7. The number of amides is 1. The molecule has 3 N–H and O–H groups in total. The number of benzene rings is 1. The van der Waals surface area contributed by atoms with Crippen molar-refractivity contribution in [1.82, 2.24) is 5.32 Å². The van der Waals surface area contributed by atoms with E-state index >= 15 is 0 Å². The standard InChI is InChI=1S/C14H18N2O4/c1-8-3-4-11(9(5-8)14(18)19)16-13(17)10-6-20-7-12(10)15-2/h3-5,10,12,15H,6-7H2,1-2H3,(H,16,17)(H,18,19). The maximum Gasteiger partial charge on any atom is 0.337 e. The van der Waals surface area contributed by atoms with E-state index in [4.69, 9.17) is 4.74 Å². The van der Waals surface area contributed by atoms with Gasteiger partial charge in [0.25, 0.3) is 0 Å². The van der Waals surface area contributed by atoms with Gasteiger partial charge in [-0.25, -0.2) is 4.79 Å². The molecule has 6 nitrogen and oxygen atoms in total. The molecule has 1 aliphatic heterocycles. The molecule has 0 saturated carbocycles. The lowest BCUT2D eigenvalue weighted by atomic mass is 10.0. The highest BCUT2D eigenvalue weighted by molar-refractivity contribution is 6.01. The highest BCUT2D eigenvalue weighted by atomic mass is 16.5. The van der Waals surface area contributed by atoms with Crippen LogP contribution in [-0.2, 0) is 9.53 Å². The summed E-state index contributed by atoms with van der Waals surface area (Å²) in [5.74, 6) is -1.60. The van der Waals surface area contributed by atoms with E-state index < -0.39 is 5.97 Å². The minimum atomic E-state index is -1.06. The monoisotopic (exact) mass is 278 g/mol. The van der Waals surface area contributed by atoms with Gasteiger partial charge in [-0.15, -0.1) is 0 Å². The van der Waals surface area contributed by atoms with E-state index in [-0.39, 0.29) is 23.4 Å². The fourth-order valence-electron chi connectivity index (χ4n) is 2.27. The summed E-state index contributed by atoms with van der Waals surface area (Å²) >= 11 is 0. The number of anilines is 1. The number of aryl methyl sites for hydroxylation is 1. The number of carbonyl (C=O) groups excluding carboxylic acids is 1. The number of likely N-dealkylation sites (N-methyl/N-ethyl adjacent to an activating group) is 1. The molecule has 1 heterocycles. The topological polar surface area (TPSA) is 87.7 Å². The first-order valence-corrected chi connectivity index (χ1v) is 6.42. The van der Waals surface area contributed by atoms with E-state index in [2.05, 4.69) is 10.6 Å². The summed E-state index contributed by atoms with van der Waals surface area (Å²) in [6.45, 7) is 2.62. The molecule has 1 amide bonds. The molecule has 6 heteroatoms. The number of hydrogen-bond acceptors (Lipinski definition) is 4. The molecule has 1 saturated heterocycles. The number of nitrogens with one attached hydrogen (secondary N) is 2. The van der Waals surface area contributed by atoms with Crippen LogP contribution in [0.1, 0.15) is 15.9 Å². The molecule has 2 rings (SSSR count). The van der Waals surface area contributed by atoms with Crippen LogP contribution in [0.2, 0.25) is 0 Å². The van der Waals surface area contributed by atoms with Gasteiger partial charge in [-0.1, -0.05) is 11.6 Å². The molecule has 2 unspecified atom stereocenters. The lowest BCUT2D eigenvalue weighted by molar-refractivity contribution is -0.120. The third-order valence-corrected chi connectivity index (χ3v) is 3.45. The van der Waals surface area contributed by atoms with Crippen LogP contribution in [0.25, 0.3) is 0 Å². The van der Waals surface area contributed by atoms with E-state index in [9.17, 15) is 14.7 Å². The first-order chi connectivity index (χ1) is 9.52. The van der Waals surface area contributed by atoms with E-state index in [1.165, 1.54) is 0 Å². The third-order valence-electron chi connectivity index (χ3n) is 3.45. The molecule has 108 valence electrons. The number of rotatable bonds is 4. The van der Waals surface area contributed by atoms with Crippen LogP contribution in [0.4, 0.5) is 5.69 Å². The van der Waals surface area contributed by atoms with Crippen LogP contribution < -0.4 is 10.6 Å². The molecular formula is C14H18N2O4. The Balaban J connectivity index is 2.17. The van der Waals surface area contributed by atoms with E-state index in [0.29, 0.717) is 18.9 Å². The molecule has 2 atom stereocenters. The highest BCUT2D eigenvalue weighted by Crippen LogP contribution is 2.21.